The van der Waals surface area contributed by atoms with Crippen molar-refractivity contribution >= 4 is 35.8 Å². The van der Waals surface area contributed by atoms with Crippen LogP contribution in [-0.2, 0) is 6.54 Å². The molecule has 116 valence electrons. The standard InChI is InChI=1S/C15H22N4O.HI/c1-2-17-15(19-8-3-4-9-19)18-11-12-6-5-7-13(10-12)14(16)20;/h5-7,10H,2-4,8-9,11H2,1H3,(H2,16,20)(H,17,18);1H. The average Bonchev–Trinajstić information content (AvgIpc) is 2.97. The molecule has 1 heterocycles. The summed E-state index contributed by atoms with van der Waals surface area (Å²) in [6, 6.07) is 7.33. The Morgan fingerprint density at radius 2 is 2.10 bits per heavy atom. The van der Waals surface area contributed by atoms with Crippen molar-refractivity contribution in [1.29, 1.82) is 0 Å². The molecule has 3 N–H and O–H groups in total. The van der Waals surface area contributed by atoms with Gasteiger partial charge >= 0.3 is 0 Å². The molecule has 0 unspecified atom stereocenters. The van der Waals surface area contributed by atoms with Gasteiger partial charge in [-0.2, -0.15) is 0 Å². The van der Waals surface area contributed by atoms with Gasteiger partial charge in [-0.25, -0.2) is 4.99 Å². The molecule has 1 aromatic rings. The number of hydrogen-bond acceptors (Lipinski definition) is 2. The molecule has 1 fully saturated rings. The van der Waals surface area contributed by atoms with E-state index in [1.54, 1.807) is 12.1 Å². The number of aliphatic imine (C=N–C) groups is 1. The highest BCUT2D eigenvalue weighted by Crippen LogP contribution is 2.10. The molecule has 0 radical (unpaired) electrons. The normalized spacial score (nSPS) is 14.7. The first-order valence-electron chi connectivity index (χ1n) is 7.12. The first-order chi connectivity index (χ1) is 9.70. The topological polar surface area (TPSA) is 70.7 Å². The fourth-order valence-corrected chi connectivity index (χ4v) is 2.34. The molecule has 2 rings (SSSR count). The molecule has 6 heteroatoms. The molecular weight excluding hydrogens is 379 g/mol. The molecule has 1 aromatic carbocycles. The molecule has 0 spiro atoms. The van der Waals surface area contributed by atoms with Gasteiger partial charge in [-0.05, 0) is 37.5 Å². The van der Waals surface area contributed by atoms with Gasteiger partial charge in [0, 0.05) is 25.2 Å². The summed E-state index contributed by atoms with van der Waals surface area (Å²) in [5.41, 5.74) is 6.82. The maximum Gasteiger partial charge on any atom is 0.248 e. The lowest BCUT2D eigenvalue weighted by molar-refractivity contribution is 0.1000. The summed E-state index contributed by atoms with van der Waals surface area (Å²) in [5, 5.41) is 3.32. The quantitative estimate of drug-likeness (QED) is 0.460. The third kappa shape index (κ3) is 5.18. The van der Waals surface area contributed by atoms with Crippen molar-refractivity contribution in [2.45, 2.75) is 26.3 Å². The number of primary amides is 1. The Morgan fingerprint density at radius 1 is 1.38 bits per heavy atom. The minimum Gasteiger partial charge on any atom is -0.366 e. The Morgan fingerprint density at radius 3 is 2.71 bits per heavy atom. The number of rotatable bonds is 4. The van der Waals surface area contributed by atoms with Crippen molar-refractivity contribution < 1.29 is 4.79 Å². The van der Waals surface area contributed by atoms with Crippen LogP contribution in [0.25, 0.3) is 0 Å². The highest BCUT2D eigenvalue weighted by atomic mass is 127. The molecule has 1 saturated heterocycles. The van der Waals surface area contributed by atoms with Crippen LogP contribution < -0.4 is 11.1 Å². The van der Waals surface area contributed by atoms with Crippen LogP contribution in [0.5, 0.6) is 0 Å². The van der Waals surface area contributed by atoms with E-state index in [1.165, 1.54) is 12.8 Å². The van der Waals surface area contributed by atoms with Gasteiger partial charge in [-0.15, -0.1) is 24.0 Å². The summed E-state index contributed by atoms with van der Waals surface area (Å²) in [7, 11) is 0. The summed E-state index contributed by atoms with van der Waals surface area (Å²) in [6.07, 6.45) is 2.45. The van der Waals surface area contributed by atoms with Crippen LogP contribution in [0.15, 0.2) is 29.3 Å². The zero-order chi connectivity index (χ0) is 14.4. The highest BCUT2D eigenvalue weighted by molar-refractivity contribution is 14.0. The SMILES string of the molecule is CCNC(=NCc1cccc(C(N)=O)c1)N1CCCC1.I. The maximum atomic E-state index is 11.2. The first kappa shape index (κ1) is 17.7. The summed E-state index contributed by atoms with van der Waals surface area (Å²) in [5.74, 6) is 0.553. The number of likely N-dealkylation sites (tertiary alicyclic amines) is 1. The third-order valence-electron chi connectivity index (χ3n) is 3.36. The Balaban J connectivity index is 0.00000220. The lowest BCUT2D eigenvalue weighted by atomic mass is 10.1. The summed E-state index contributed by atoms with van der Waals surface area (Å²) in [4.78, 5) is 18.1. The monoisotopic (exact) mass is 402 g/mol. The van der Waals surface area contributed by atoms with Crippen molar-refractivity contribution in [3.8, 4) is 0 Å². The zero-order valence-corrected chi connectivity index (χ0v) is 14.7. The fourth-order valence-electron chi connectivity index (χ4n) is 2.34. The number of guanidine groups is 1. The van der Waals surface area contributed by atoms with E-state index in [1.807, 2.05) is 12.1 Å². The zero-order valence-electron chi connectivity index (χ0n) is 12.3. The number of carbonyl (C=O) groups excluding carboxylic acids is 1. The highest BCUT2D eigenvalue weighted by Gasteiger charge is 2.15. The Hall–Kier alpha value is -1.31. The number of nitrogens with one attached hydrogen (secondary N) is 1. The minimum atomic E-state index is -0.401. The van der Waals surface area contributed by atoms with Crippen LogP contribution in [0.4, 0.5) is 0 Å². The smallest absolute Gasteiger partial charge is 0.248 e. The van der Waals surface area contributed by atoms with E-state index in [9.17, 15) is 4.79 Å². The van der Waals surface area contributed by atoms with Crippen molar-refractivity contribution in [3.63, 3.8) is 0 Å². The molecule has 0 aliphatic carbocycles. The number of carbonyl (C=O) groups is 1. The molecule has 1 aliphatic heterocycles. The third-order valence-corrected chi connectivity index (χ3v) is 3.36. The molecule has 0 atom stereocenters. The Bertz CT molecular complexity index is 498. The van der Waals surface area contributed by atoms with Gasteiger partial charge in [-0.1, -0.05) is 12.1 Å². The molecule has 0 aromatic heterocycles. The maximum absolute atomic E-state index is 11.2. The van der Waals surface area contributed by atoms with Gasteiger partial charge in [0.2, 0.25) is 5.91 Å². The van der Waals surface area contributed by atoms with Crippen LogP contribution >= 0.6 is 24.0 Å². The predicted octanol–water partition coefficient (Wildman–Crippen LogP) is 1.96. The van der Waals surface area contributed by atoms with Crippen LogP contribution in [0.1, 0.15) is 35.7 Å². The second-order valence-electron chi connectivity index (χ2n) is 4.93. The number of benzene rings is 1. The number of nitrogens with zero attached hydrogens (tertiary/aromatic N) is 2. The fraction of sp³-hybridized carbons (Fsp3) is 0.467. The largest absolute Gasteiger partial charge is 0.366 e. The predicted molar refractivity (Wildman–Crippen MR) is 96.0 cm³/mol. The molecule has 21 heavy (non-hydrogen) atoms. The van der Waals surface area contributed by atoms with Gasteiger partial charge in [-0.3, -0.25) is 4.79 Å². The Labute approximate surface area is 143 Å². The number of nitrogens with two attached hydrogens (primary N) is 1. The van der Waals surface area contributed by atoms with Crippen molar-refractivity contribution in [3.05, 3.63) is 35.4 Å². The van der Waals surface area contributed by atoms with Crippen LogP contribution in [0.3, 0.4) is 0 Å². The summed E-state index contributed by atoms with van der Waals surface area (Å²) >= 11 is 0. The first-order valence-corrected chi connectivity index (χ1v) is 7.12. The lowest BCUT2D eigenvalue weighted by Gasteiger charge is -2.20. The average molecular weight is 402 g/mol. The molecule has 5 nitrogen and oxygen atoms in total. The molecule has 0 saturated carbocycles. The van der Waals surface area contributed by atoms with Crippen LogP contribution in [0, 0.1) is 0 Å². The van der Waals surface area contributed by atoms with E-state index < -0.39 is 5.91 Å². The summed E-state index contributed by atoms with van der Waals surface area (Å²) < 4.78 is 0. The van der Waals surface area contributed by atoms with E-state index in [0.717, 1.165) is 31.2 Å². The van der Waals surface area contributed by atoms with Crippen molar-refractivity contribution in [2.24, 2.45) is 10.7 Å². The number of hydrogen-bond donors (Lipinski definition) is 2. The van der Waals surface area contributed by atoms with Crippen molar-refractivity contribution in [1.82, 2.24) is 10.2 Å². The van der Waals surface area contributed by atoms with Gasteiger partial charge in [0.25, 0.3) is 0 Å². The molecular formula is C15H23IN4O. The van der Waals surface area contributed by atoms with Gasteiger partial charge < -0.3 is 16.0 Å². The second-order valence-corrected chi connectivity index (χ2v) is 4.93. The number of amides is 1. The minimum absolute atomic E-state index is 0. The second kappa shape index (κ2) is 8.86. The summed E-state index contributed by atoms with van der Waals surface area (Å²) in [6.45, 7) is 5.61. The molecule has 0 bridgehead atoms. The van der Waals surface area contributed by atoms with Gasteiger partial charge in [0.1, 0.15) is 0 Å². The van der Waals surface area contributed by atoms with E-state index in [4.69, 9.17) is 5.73 Å². The lowest BCUT2D eigenvalue weighted by Crippen LogP contribution is -2.39. The molecule has 1 amide bonds. The van der Waals surface area contributed by atoms with E-state index in [0.29, 0.717) is 12.1 Å². The van der Waals surface area contributed by atoms with E-state index in [-0.39, 0.29) is 24.0 Å². The number of halogens is 1. The van der Waals surface area contributed by atoms with Gasteiger partial charge in [0.05, 0.1) is 6.54 Å². The van der Waals surface area contributed by atoms with Crippen LogP contribution in [-0.4, -0.2) is 36.4 Å². The molecule has 1 aliphatic rings. The van der Waals surface area contributed by atoms with E-state index in [2.05, 4.69) is 22.1 Å². The van der Waals surface area contributed by atoms with Crippen molar-refractivity contribution in [2.75, 3.05) is 19.6 Å². The van der Waals surface area contributed by atoms with Gasteiger partial charge in [0.15, 0.2) is 5.96 Å². The van der Waals surface area contributed by atoms with Crippen LogP contribution in [0.2, 0.25) is 0 Å². The Kier molecular flexibility index (Phi) is 7.49. The van der Waals surface area contributed by atoms with E-state index >= 15 is 0 Å².